The molecule has 2 atom stereocenters. The van der Waals surface area contributed by atoms with Crippen LogP contribution in [0.1, 0.15) is 27.2 Å². The van der Waals surface area contributed by atoms with Gasteiger partial charge in [-0.1, -0.05) is 0 Å². The van der Waals surface area contributed by atoms with E-state index < -0.39 is 33.0 Å². The minimum atomic E-state index is -3.70. The number of sulfonamides is 1. The van der Waals surface area contributed by atoms with Crippen LogP contribution in [0.15, 0.2) is 0 Å². The summed E-state index contributed by atoms with van der Waals surface area (Å²) in [6, 6.07) is -0.761. The van der Waals surface area contributed by atoms with Gasteiger partial charge < -0.3 is 14.8 Å². The largest absolute Gasteiger partial charge is 0.444 e. The molecule has 0 aromatic heterocycles. The van der Waals surface area contributed by atoms with Crippen LogP contribution in [-0.2, 0) is 19.6 Å². The fraction of sp³-hybridized carbons (Fsp3) is 0.800. The van der Waals surface area contributed by atoms with Crippen molar-refractivity contribution in [3.63, 3.8) is 0 Å². The molecule has 0 aromatic carbocycles. The molecule has 7 nitrogen and oxygen atoms in total. The van der Waals surface area contributed by atoms with Crippen LogP contribution in [0.4, 0.5) is 4.79 Å². The molecule has 1 rings (SSSR count). The lowest BCUT2D eigenvalue weighted by molar-refractivity contribution is -0.108. The predicted octanol–water partition coefficient (Wildman–Crippen LogP) is -0.230. The summed E-state index contributed by atoms with van der Waals surface area (Å²) in [4.78, 5) is 22.4. The summed E-state index contributed by atoms with van der Waals surface area (Å²) in [5.41, 5.74) is -0.674. The standard InChI is InChI=1S/C10H18N2O5S/c1-10(2,3)17-9(14)12-7-4-5-11-18(15,16)8(7)6-13/h6-8,11H,4-5H2,1-3H3,(H,12,14). The van der Waals surface area contributed by atoms with Gasteiger partial charge in [0.2, 0.25) is 10.0 Å². The van der Waals surface area contributed by atoms with E-state index in [4.69, 9.17) is 4.74 Å². The molecule has 1 aliphatic heterocycles. The number of alkyl carbamates (subject to hydrolysis) is 1. The van der Waals surface area contributed by atoms with Gasteiger partial charge in [0, 0.05) is 6.54 Å². The zero-order valence-corrected chi connectivity index (χ0v) is 11.4. The highest BCUT2D eigenvalue weighted by molar-refractivity contribution is 7.90. The van der Waals surface area contributed by atoms with E-state index >= 15 is 0 Å². The van der Waals surface area contributed by atoms with Gasteiger partial charge in [-0.3, -0.25) is 0 Å². The van der Waals surface area contributed by atoms with Gasteiger partial charge in [0.15, 0.2) is 5.25 Å². The Hall–Kier alpha value is -1.15. The summed E-state index contributed by atoms with van der Waals surface area (Å²) in [6.07, 6.45) is -0.0535. The van der Waals surface area contributed by atoms with Crippen LogP contribution in [0.25, 0.3) is 0 Å². The summed E-state index contributed by atoms with van der Waals surface area (Å²) in [5.74, 6) is 0. The number of carbonyl (C=O) groups excluding carboxylic acids is 2. The van der Waals surface area contributed by atoms with Crippen molar-refractivity contribution in [3.8, 4) is 0 Å². The first kappa shape index (κ1) is 14.9. The maximum Gasteiger partial charge on any atom is 0.407 e. The number of nitrogens with one attached hydrogen (secondary N) is 2. The second kappa shape index (κ2) is 5.23. The predicted molar refractivity (Wildman–Crippen MR) is 64.5 cm³/mol. The van der Waals surface area contributed by atoms with Crippen LogP contribution in [0.2, 0.25) is 0 Å². The van der Waals surface area contributed by atoms with Crippen LogP contribution in [0.3, 0.4) is 0 Å². The lowest BCUT2D eigenvalue weighted by atomic mass is 10.1. The lowest BCUT2D eigenvalue weighted by Crippen LogP contribution is -2.56. The van der Waals surface area contributed by atoms with Crippen molar-refractivity contribution in [1.29, 1.82) is 0 Å². The van der Waals surface area contributed by atoms with Gasteiger partial charge in [0.1, 0.15) is 11.9 Å². The van der Waals surface area contributed by atoms with E-state index in [2.05, 4.69) is 10.0 Å². The van der Waals surface area contributed by atoms with E-state index in [0.29, 0.717) is 12.7 Å². The van der Waals surface area contributed by atoms with E-state index in [0.717, 1.165) is 0 Å². The van der Waals surface area contributed by atoms with Gasteiger partial charge in [-0.05, 0) is 27.2 Å². The van der Waals surface area contributed by atoms with Crippen molar-refractivity contribution in [2.45, 2.75) is 44.1 Å². The minimum absolute atomic E-state index is 0.188. The molecular formula is C10H18N2O5S. The molecular weight excluding hydrogens is 260 g/mol. The van der Waals surface area contributed by atoms with Crippen LogP contribution >= 0.6 is 0 Å². The van der Waals surface area contributed by atoms with Crippen molar-refractivity contribution < 1.29 is 22.7 Å². The Labute approximate surface area is 106 Å². The van der Waals surface area contributed by atoms with E-state index in [1.165, 1.54) is 0 Å². The maximum absolute atomic E-state index is 11.6. The van der Waals surface area contributed by atoms with Gasteiger partial charge in [-0.2, -0.15) is 0 Å². The number of hydrogen-bond donors (Lipinski definition) is 2. The average molecular weight is 278 g/mol. The first-order valence-corrected chi connectivity index (χ1v) is 7.13. The van der Waals surface area contributed by atoms with Crippen LogP contribution < -0.4 is 10.0 Å². The molecule has 1 aliphatic rings. The molecule has 0 aliphatic carbocycles. The van der Waals surface area contributed by atoms with Gasteiger partial charge >= 0.3 is 6.09 Å². The second-order valence-corrected chi connectivity index (χ2v) is 7.00. The highest BCUT2D eigenvalue weighted by Crippen LogP contribution is 2.13. The Kier molecular flexibility index (Phi) is 4.33. The summed E-state index contributed by atoms with van der Waals surface area (Å²) in [7, 11) is -3.70. The third-order valence-corrected chi connectivity index (χ3v) is 4.11. The normalized spacial score (nSPS) is 27.3. The fourth-order valence-electron chi connectivity index (χ4n) is 1.61. The summed E-state index contributed by atoms with van der Waals surface area (Å²) >= 11 is 0. The third-order valence-electron chi connectivity index (χ3n) is 2.35. The molecule has 0 aromatic rings. The molecule has 18 heavy (non-hydrogen) atoms. The molecule has 0 radical (unpaired) electrons. The highest BCUT2D eigenvalue weighted by atomic mass is 32.2. The van der Waals surface area contributed by atoms with Crippen molar-refractivity contribution in [2.75, 3.05) is 6.54 Å². The first-order valence-electron chi connectivity index (χ1n) is 5.59. The number of hydrogen-bond acceptors (Lipinski definition) is 5. The molecule has 2 unspecified atom stereocenters. The van der Waals surface area contributed by atoms with Crippen LogP contribution in [-0.4, -0.2) is 44.2 Å². The fourth-order valence-corrected chi connectivity index (χ4v) is 2.99. The van der Waals surface area contributed by atoms with Gasteiger partial charge in [-0.15, -0.1) is 0 Å². The molecule has 0 spiro atoms. The van der Waals surface area contributed by atoms with Crippen molar-refractivity contribution >= 4 is 22.4 Å². The third kappa shape index (κ3) is 3.95. The summed E-state index contributed by atoms with van der Waals surface area (Å²) < 4.78 is 30.4. The molecule has 0 saturated carbocycles. The van der Waals surface area contributed by atoms with E-state index in [9.17, 15) is 18.0 Å². The molecule has 1 fully saturated rings. The summed E-state index contributed by atoms with van der Waals surface area (Å²) in [6.45, 7) is 5.28. The van der Waals surface area contributed by atoms with E-state index in [1.807, 2.05) is 0 Å². The molecule has 1 saturated heterocycles. The van der Waals surface area contributed by atoms with Crippen molar-refractivity contribution in [1.82, 2.24) is 10.0 Å². The summed E-state index contributed by atoms with van der Waals surface area (Å²) in [5, 5.41) is 1.14. The number of rotatable bonds is 2. The average Bonchev–Trinajstić information content (AvgIpc) is 2.13. The van der Waals surface area contributed by atoms with Gasteiger partial charge in [0.25, 0.3) is 0 Å². The Balaban J connectivity index is 2.71. The van der Waals surface area contributed by atoms with Crippen LogP contribution in [0, 0.1) is 0 Å². The minimum Gasteiger partial charge on any atom is -0.444 e. The Bertz CT molecular complexity index is 426. The van der Waals surface area contributed by atoms with E-state index in [-0.39, 0.29) is 6.54 Å². The van der Waals surface area contributed by atoms with Crippen LogP contribution in [0.5, 0.6) is 0 Å². The van der Waals surface area contributed by atoms with Gasteiger partial charge in [0.05, 0.1) is 6.04 Å². The van der Waals surface area contributed by atoms with Crippen molar-refractivity contribution in [3.05, 3.63) is 0 Å². The number of carbonyl (C=O) groups is 2. The zero-order valence-electron chi connectivity index (χ0n) is 10.6. The SMILES string of the molecule is CC(C)(C)OC(=O)NC1CCNS(=O)(=O)C1C=O. The lowest BCUT2D eigenvalue weighted by Gasteiger charge is -2.29. The second-order valence-electron chi connectivity index (χ2n) is 5.08. The Morgan fingerprint density at radius 2 is 2.06 bits per heavy atom. The molecule has 0 bridgehead atoms. The maximum atomic E-state index is 11.6. The first-order chi connectivity index (χ1) is 8.15. The van der Waals surface area contributed by atoms with Gasteiger partial charge in [-0.25, -0.2) is 17.9 Å². The molecule has 8 heteroatoms. The Morgan fingerprint density at radius 3 is 2.56 bits per heavy atom. The smallest absolute Gasteiger partial charge is 0.407 e. The monoisotopic (exact) mass is 278 g/mol. The number of ether oxygens (including phenoxy) is 1. The zero-order chi connectivity index (χ0) is 14.0. The molecule has 104 valence electrons. The molecule has 1 heterocycles. The number of amides is 1. The molecule has 1 amide bonds. The Morgan fingerprint density at radius 1 is 1.44 bits per heavy atom. The van der Waals surface area contributed by atoms with E-state index in [1.54, 1.807) is 20.8 Å². The topological polar surface area (TPSA) is 102 Å². The number of aldehydes is 1. The molecule has 2 N–H and O–H groups in total. The highest BCUT2D eigenvalue weighted by Gasteiger charge is 2.38. The quantitative estimate of drug-likeness (QED) is 0.679. The van der Waals surface area contributed by atoms with Crippen molar-refractivity contribution in [2.24, 2.45) is 0 Å².